The number of nitriles is 1. The minimum Gasteiger partial charge on any atom is -0.495 e. The van der Waals surface area contributed by atoms with E-state index in [0.29, 0.717) is 39.3 Å². The van der Waals surface area contributed by atoms with Gasteiger partial charge in [0.25, 0.3) is 5.91 Å². The summed E-state index contributed by atoms with van der Waals surface area (Å²) in [5.41, 5.74) is 0.620. The molecule has 0 atom stereocenters. The van der Waals surface area contributed by atoms with Crippen LogP contribution in [0.2, 0.25) is 10.0 Å². The van der Waals surface area contributed by atoms with Crippen LogP contribution < -0.4 is 24.3 Å². The van der Waals surface area contributed by atoms with Crippen molar-refractivity contribution in [1.82, 2.24) is 0 Å². The summed E-state index contributed by atoms with van der Waals surface area (Å²) in [4.78, 5) is 12.6. The Labute approximate surface area is 178 Å². The molecule has 0 saturated heterocycles. The Morgan fingerprint density at radius 3 is 2.14 bits per heavy atom. The number of benzene rings is 2. The molecule has 1 N–H and O–H groups in total. The fourth-order valence-corrected chi connectivity index (χ4v) is 3.01. The minimum atomic E-state index is -0.652. The lowest BCUT2D eigenvalue weighted by molar-refractivity contribution is -0.112. The maximum absolute atomic E-state index is 12.6. The maximum Gasteiger partial charge on any atom is 0.266 e. The number of nitrogens with one attached hydrogen (secondary N) is 1. The van der Waals surface area contributed by atoms with Crippen molar-refractivity contribution < 1.29 is 23.7 Å². The number of anilines is 1. The molecule has 0 unspecified atom stereocenters. The lowest BCUT2D eigenvalue weighted by Crippen LogP contribution is -2.14. The van der Waals surface area contributed by atoms with E-state index in [0.717, 1.165) is 0 Å². The van der Waals surface area contributed by atoms with Gasteiger partial charge in [0.2, 0.25) is 0 Å². The number of ether oxygens (including phenoxy) is 4. The molecule has 0 radical (unpaired) electrons. The van der Waals surface area contributed by atoms with E-state index in [1.54, 1.807) is 12.1 Å². The molecular formula is C20H18Cl2N2O5. The Hall–Kier alpha value is -3.08. The Morgan fingerprint density at radius 2 is 1.59 bits per heavy atom. The van der Waals surface area contributed by atoms with Crippen LogP contribution in [0.1, 0.15) is 5.56 Å². The molecule has 0 aliphatic heterocycles. The second-order valence-electron chi connectivity index (χ2n) is 5.55. The van der Waals surface area contributed by atoms with Crippen molar-refractivity contribution in [3.8, 4) is 29.1 Å². The van der Waals surface area contributed by atoms with Gasteiger partial charge in [-0.05, 0) is 23.8 Å². The van der Waals surface area contributed by atoms with Crippen LogP contribution in [0.15, 0.2) is 29.8 Å². The number of halogens is 2. The van der Waals surface area contributed by atoms with E-state index in [-0.39, 0.29) is 10.6 Å². The first kappa shape index (κ1) is 22.2. The molecule has 0 aromatic heterocycles. The number of amides is 1. The number of carbonyl (C=O) groups is 1. The lowest BCUT2D eigenvalue weighted by atomic mass is 10.1. The summed E-state index contributed by atoms with van der Waals surface area (Å²) in [6.45, 7) is 0. The van der Waals surface area contributed by atoms with E-state index >= 15 is 0 Å². The van der Waals surface area contributed by atoms with Gasteiger partial charge in [-0.25, -0.2) is 0 Å². The first-order chi connectivity index (χ1) is 13.9. The average molecular weight is 437 g/mol. The molecule has 2 rings (SSSR count). The number of hydrogen-bond acceptors (Lipinski definition) is 6. The van der Waals surface area contributed by atoms with E-state index in [9.17, 15) is 10.1 Å². The quantitative estimate of drug-likeness (QED) is 0.504. The molecule has 0 spiro atoms. The third kappa shape index (κ3) is 5.05. The molecule has 0 bridgehead atoms. The first-order valence-corrected chi connectivity index (χ1v) is 8.90. The summed E-state index contributed by atoms with van der Waals surface area (Å²) in [5, 5.41) is 12.7. The van der Waals surface area contributed by atoms with Crippen molar-refractivity contribution in [3.05, 3.63) is 45.4 Å². The van der Waals surface area contributed by atoms with Gasteiger partial charge in [0.1, 0.15) is 23.1 Å². The number of rotatable bonds is 7. The highest BCUT2D eigenvalue weighted by Crippen LogP contribution is 2.37. The van der Waals surface area contributed by atoms with Gasteiger partial charge in [0, 0.05) is 12.1 Å². The Balaban J connectivity index is 2.40. The highest BCUT2D eigenvalue weighted by molar-refractivity contribution is 6.33. The molecule has 0 fully saturated rings. The van der Waals surface area contributed by atoms with Crippen molar-refractivity contribution in [2.24, 2.45) is 0 Å². The summed E-state index contributed by atoms with van der Waals surface area (Å²) in [6, 6.07) is 8.02. The van der Waals surface area contributed by atoms with Crippen molar-refractivity contribution in [3.63, 3.8) is 0 Å². The van der Waals surface area contributed by atoms with E-state index in [2.05, 4.69) is 5.32 Å². The largest absolute Gasteiger partial charge is 0.495 e. The summed E-state index contributed by atoms with van der Waals surface area (Å²) in [7, 11) is 5.79. The molecule has 1 amide bonds. The standard InChI is InChI=1S/C20H18Cl2N2O5/c1-26-16-9-15(17(27-2)8-13(16)21)24-20(25)12(10-23)5-11-6-14(22)19(29-4)18(7-11)28-3/h5-9H,1-4H3,(H,24,25)/b12-5+. The van der Waals surface area contributed by atoms with Crippen molar-refractivity contribution in [2.45, 2.75) is 0 Å². The van der Waals surface area contributed by atoms with Crippen LogP contribution in [0.3, 0.4) is 0 Å². The van der Waals surface area contributed by atoms with Gasteiger partial charge in [-0.15, -0.1) is 0 Å². The normalized spacial score (nSPS) is 10.7. The molecule has 2 aromatic rings. The topological polar surface area (TPSA) is 89.8 Å². The summed E-state index contributed by atoms with van der Waals surface area (Å²) in [5.74, 6) is 0.730. The predicted molar refractivity (Wildman–Crippen MR) is 111 cm³/mol. The molecule has 9 heteroatoms. The zero-order chi connectivity index (χ0) is 21.6. The summed E-state index contributed by atoms with van der Waals surface area (Å²) >= 11 is 12.2. The number of methoxy groups -OCH3 is 4. The van der Waals surface area contributed by atoms with Crippen LogP contribution in [0, 0.1) is 11.3 Å². The van der Waals surface area contributed by atoms with Crippen LogP contribution in [0.4, 0.5) is 5.69 Å². The second-order valence-corrected chi connectivity index (χ2v) is 6.36. The highest BCUT2D eigenvalue weighted by atomic mass is 35.5. The average Bonchev–Trinajstić information content (AvgIpc) is 2.72. The van der Waals surface area contributed by atoms with E-state index in [4.69, 9.17) is 42.1 Å². The summed E-state index contributed by atoms with van der Waals surface area (Å²) in [6.07, 6.45) is 1.38. The molecule has 0 heterocycles. The molecule has 2 aromatic carbocycles. The van der Waals surface area contributed by atoms with Gasteiger partial charge < -0.3 is 24.3 Å². The molecule has 29 heavy (non-hydrogen) atoms. The van der Waals surface area contributed by atoms with Crippen LogP contribution in [0.25, 0.3) is 6.08 Å². The van der Waals surface area contributed by atoms with Crippen LogP contribution in [-0.2, 0) is 4.79 Å². The number of nitrogens with zero attached hydrogens (tertiary/aromatic N) is 1. The van der Waals surface area contributed by atoms with E-state index in [1.807, 2.05) is 6.07 Å². The third-order valence-electron chi connectivity index (χ3n) is 3.85. The van der Waals surface area contributed by atoms with Crippen LogP contribution in [0.5, 0.6) is 23.0 Å². The van der Waals surface area contributed by atoms with Crippen LogP contribution >= 0.6 is 23.2 Å². The van der Waals surface area contributed by atoms with Crippen molar-refractivity contribution >= 4 is 40.9 Å². The van der Waals surface area contributed by atoms with E-state index in [1.165, 1.54) is 46.6 Å². The third-order valence-corrected chi connectivity index (χ3v) is 4.43. The first-order valence-electron chi connectivity index (χ1n) is 8.14. The maximum atomic E-state index is 12.6. The van der Waals surface area contributed by atoms with E-state index < -0.39 is 5.91 Å². The predicted octanol–water partition coefficient (Wildman–Crippen LogP) is 4.57. The second kappa shape index (κ2) is 9.92. The zero-order valence-electron chi connectivity index (χ0n) is 16.1. The van der Waals surface area contributed by atoms with Gasteiger partial charge in [-0.3, -0.25) is 4.79 Å². The van der Waals surface area contributed by atoms with Gasteiger partial charge in [0.05, 0.1) is 44.2 Å². The fraction of sp³-hybridized carbons (Fsp3) is 0.200. The van der Waals surface area contributed by atoms with Gasteiger partial charge in [-0.2, -0.15) is 5.26 Å². The summed E-state index contributed by atoms with van der Waals surface area (Å²) < 4.78 is 20.8. The van der Waals surface area contributed by atoms with Crippen molar-refractivity contribution in [2.75, 3.05) is 33.8 Å². The van der Waals surface area contributed by atoms with Gasteiger partial charge in [-0.1, -0.05) is 23.2 Å². The monoisotopic (exact) mass is 436 g/mol. The van der Waals surface area contributed by atoms with Crippen LogP contribution in [-0.4, -0.2) is 34.3 Å². The minimum absolute atomic E-state index is 0.163. The Morgan fingerprint density at radius 1 is 0.931 bits per heavy atom. The Bertz CT molecular complexity index is 999. The molecule has 0 saturated carbocycles. The highest BCUT2D eigenvalue weighted by Gasteiger charge is 2.17. The van der Waals surface area contributed by atoms with Gasteiger partial charge >= 0.3 is 0 Å². The molecule has 152 valence electrons. The smallest absolute Gasteiger partial charge is 0.266 e. The van der Waals surface area contributed by atoms with Crippen molar-refractivity contribution in [1.29, 1.82) is 5.26 Å². The molecule has 7 nitrogen and oxygen atoms in total. The number of carbonyl (C=O) groups excluding carboxylic acids is 1. The lowest BCUT2D eigenvalue weighted by Gasteiger charge is -2.13. The molecular weight excluding hydrogens is 419 g/mol. The number of hydrogen-bond donors (Lipinski definition) is 1. The molecule has 0 aliphatic carbocycles. The fourth-order valence-electron chi connectivity index (χ4n) is 2.48. The Kier molecular flexibility index (Phi) is 7.59. The molecule has 0 aliphatic rings. The van der Waals surface area contributed by atoms with Gasteiger partial charge in [0.15, 0.2) is 11.5 Å². The zero-order valence-corrected chi connectivity index (χ0v) is 17.6. The SMILES string of the molecule is COc1cc(NC(=O)/C(C#N)=C/c2cc(Cl)c(OC)c(OC)c2)c(OC)cc1Cl.